The van der Waals surface area contributed by atoms with Gasteiger partial charge in [-0.1, -0.05) is 25.4 Å². The van der Waals surface area contributed by atoms with Gasteiger partial charge in [-0.15, -0.1) is 0 Å². The van der Waals surface area contributed by atoms with Crippen molar-refractivity contribution in [1.29, 1.82) is 0 Å². The maximum Gasteiger partial charge on any atom is 0.123 e. The van der Waals surface area contributed by atoms with Crippen molar-refractivity contribution in [2.75, 3.05) is 6.54 Å². The van der Waals surface area contributed by atoms with E-state index in [0.717, 1.165) is 18.5 Å². The van der Waals surface area contributed by atoms with Crippen LogP contribution in [0.25, 0.3) is 0 Å². The number of hydrogen-bond donors (Lipinski definition) is 1. The van der Waals surface area contributed by atoms with Gasteiger partial charge in [0.15, 0.2) is 0 Å². The molecule has 0 saturated heterocycles. The lowest BCUT2D eigenvalue weighted by molar-refractivity contribution is 0.359. The second kappa shape index (κ2) is 6.03. The highest BCUT2D eigenvalue weighted by atomic mass is 35.5. The summed E-state index contributed by atoms with van der Waals surface area (Å²) in [7, 11) is 0. The highest BCUT2D eigenvalue weighted by Gasteiger charge is 2.23. The zero-order valence-corrected chi connectivity index (χ0v) is 11.8. The minimum absolute atomic E-state index is 0.202. The van der Waals surface area contributed by atoms with E-state index < -0.39 is 0 Å². The topological polar surface area (TPSA) is 12.0 Å². The van der Waals surface area contributed by atoms with Crippen molar-refractivity contribution in [2.45, 2.75) is 39.2 Å². The van der Waals surface area contributed by atoms with Crippen LogP contribution >= 0.6 is 11.6 Å². The van der Waals surface area contributed by atoms with Crippen molar-refractivity contribution in [1.82, 2.24) is 5.32 Å². The lowest BCUT2D eigenvalue weighted by Crippen LogP contribution is -2.29. The van der Waals surface area contributed by atoms with Gasteiger partial charge in [0, 0.05) is 11.1 Å². The Morgan fingerprint density at radius 2 is 2.11 bits per heavy atom. The van der Waals surface area contributed by atoms with Crippen LogP contribution in [-0.4, -0.2) is 12.6 Å². The summed E-state index contributed by atoms with van der Waals surface area (Å²) in [6, 6.07) is 5.35. The fourth-order valence-corrected chi connectivity index (χ4v) is 2.33. The second-order valence-corrected chi connectivity index (χ2v) is 6.03. The van der Waals surface area contributed by atoms with Gasteiger partial charge in [-0.2, -0.15) is 0 Å². The Morgan fingerprint density at radius 1 is 1.39 bits per heavy atom. The van der Waals surface area contributed by atoms with E-state index in [1.54, 1.807) is 12.1 Å². The Morgan fingerprint density at radius 3 is 2.72 bits per heavy atom. The van der Waals surface area contributed by atoms with Crippen LogP contribution in [0.1, 0.15) is 32.3 Å². The molecule has 1 aromatic carbocycles. The third-order valence-electron chi connectivity index (χ3n) is 3.68. The summed E-state index contributed by atoms with van der Waals surface area (Å²) < 4.78 is 13.2. The molecule has 100 valence electrons. The Kier molecular flexibility index (Phi) is 4.63. The first-order valence-corrected chi connectivity index (χ1v) is 7.11. The lowest BCUT2D eigenvalue weighted by atomic mass is 9.89. The molecule has 1 aliphatic carbocycles. The van der Waals surface area contributed by atoms with Crippen LogP contribution in [0, 0.1) is 17.7 Å². The molecule has 0 aromatic heterocycles. The monoisotopic (exact) mass is 269 g/mol. The van der Waals surface area contributed by atoms with Crippen molar-refractivity contribution < 1.29 is 4.39 Å². The average molecular weight is 270 g/mol. The summed E-state index contributed by atoms with van der Waals surface area (Å²) in [5.41, 5.74) is 0.924. The first-order chi connectivity index (χ1) is 8.56. The average Bonchev–Trinajstić information content (AvgIpc) is 3.12. The third kappa shape index (κ3) is 3.96. The Balaban J connectivity index is 1.99. The van der Waals surface area contributed by atoms with E-state index >= 15 is 0 Å². The molecule has 1 atom stereocenters. The van der Waals surface area contributed by atoms with Gasteiger partial charge in [0.05, 0.1) is 0 Å². The fraction of sp³-hybridized carbons (Fsp3) is 0.600. The highest BCUT2D eigenvalue weighted by molar-refractivity contribution is 6.31. The van der Waals surface area contributed by atoms with Crippen LogP contribution in [0.3, 0.4) is 0 Å². The normalized spacial score (nSPS) is 17.2. The fourth-order valence-electron chi connectivity index (χ4n) is 2.13. The number of benzene rings is 1. The zero-order valence-electron chi connectivity index (χ0n) is 11.0. The van der Waals surface area contributed by atoms with E-state index in [4.69, 9.17) is 11.6 Å². The summed E-state index contributed by atoms with van der Waals surface area (Å²) >= 11 is 6.13. The van der Waals surface area contributed by atoms with E-state index in [1.807, 2.05) is 0 Å². The first-order valence-electron chi connectivity index (χ1n) is 6.73. The summed E-state index contributed by atoms with van der Waals surface area (Å²) in [5.74, 6) is 0.868. The van der Waals surface area contributed by atoms with Crippen LogP contribution in [0.4, 0.5) is 4.39 Å². The molecular formula is C15H21ClFN. The molecule has 3 heteroatoms. The van der Waals surface area contributed by atoms with Crippen molar-refractivity contribution in [3.63, 3.8) is 0 Å². The number of rotatable bonds is 6. The van der Waals surface area contributed by atoms with Crippen molar-refractivity contribution >= 4 is 11.6 Å². The van der Waals surface area contributed by atoms with Gasteiger partial charge in [-0.25, -0.2) is 4.39 Å². The summed E-state index contributed by atoms with van der Waals surface area (Å²) in [5, 5.41) is 4.23. The standard InChI is InChI=1S/C15H21ClFN/c1-10(2)12(9-18-14-4-5-14)7-11-8-13(17)3-6-15(11)16/h3,6,8,10,12,14,18H,4-5,7,9H2,1-2H3. The molecular weight excluding hydrogens is 249 g/mol. The Bertz CT molecular complexity index is 401. The predicted molar refractivity (Wildman–Crippen MR) is 74.5 cm³/mol. The van der Waals surface area contributed by atoms with E-state index in [2.05, 4.69) is 19.2 Å². The smallest absolute Gasteiger partial charge is 0.123 e. The SMILES string of the molecule is CC(C)C(CNC1CC1)Cc1cc(F)ccc1Cl. The molecule has 1 aliphatic rings. The van der Waals surface area contributed by atoms with Crippen LogP contribution in [-0.2, 0) is 6.42 Å². The number of halogens is 2. The van der Waals surface area contributed by atoms with E-state index in [9.17, 15) is 4.39 Å². The molecule has 0 amide bonds. The van der Waals surface area contributed by atoms with Gasteiger partial charge < -0.3 is 5.32 Å². The van der Waals surface area contributed by atoms with Gasteiger partial charge in [0.25, 0.3) is 0 Å². The predicted octanol–water partition coefficient (Wildman–Crippen LogP) is 4.05. The van der Waals surface area contributed by atoms with Crippen molar-refractivity contribution in [3.05, 3.63) is 34.6 Å². The van der Waals surface area contributed by atoms with Gasteiger partial charge in [0.2, 0.25) is 0 Å². The van der Waals surface area contributed by atoms with Crippen LogP contribution in [0.15, 0.2) is 18.2 Å². The van der Waals surface area contributed by atoms with Gasteiger partial charge >= 0.3 is 0 Å². The van der Waals surface area contributed by atoms with Crippen molar-refractivity contribution in [3.8, 4) is 0 Å². The molecule has 1 unspecified atom stereocenters. The van der Waals surface area contributed by atoms with Crippen LogP contribution < -0.4 is 5.32 Å². The molecule has 0 heterocycles. The second-order valence-electron chi connectivity index (χ2n) is 5.63. The van der Waals surface area contributed by atoms with Crippen LogP contribution in [0.2, 0.25) is 5.02 Å². The molecule has 2 rings (SSSR count). The minimum atomic E-state index is -0.202. The lowest BCUT2D eigenvalue weighted by Gasteiger charge is -2.22. The van der Waals surface area contributed by atoms with Crippen molar-refractivity contribution in [2.24, 2.45) is 11.8 Å². The van der Waals surface area contributed by atoms with Gasteiger partial charge in [-0.3, -0.25) is 0 Å². The Labute approximate surface area is 114 Å². The summed E-state index contributed by atoms with van der Waals surface area (Å²) in [6.45, 7) is 5.42. The van der Waals surface area contributed by atoms with E-state index in [0.29, 0.717) is 22.9 Å². The molecule has 1 aromatic rings. The van der Waals surface area contributed by atoms with E-state index in [-0.39, 0.29) is 5.82 Å². The van der Waals surface area contributed by atoms with E-state index in [1.165, 1.54) is 18.9 Å². The first kappa shape index (κ1) is 13.8. The quantitative estimate of drug-likeness (QED) is 0.822. The zero-order chi connectivity index (χ0) is 13.1. The summed E-state index contributed by atoms with van der Waals surface area (Å²) in [6.07, 6.45) is 3.44. The molecule has 1 nitrogen and oxygen atoms in total. The molecule has 18 heavy (non-hydrogen) atoms. The third-order valence-corrected chi connectivity index (χ3v) is 4.05. The highest BCUT2D eigenvalue weighted by Crippen LogP contribution is 2.25. The molecule has 0 bridgehead atoms. The molecule has 1 fully saturated rings. The Hall–Kier alpha value is -0.600. The maximum absolute atomic E-state index is 13.2. The van der Waals surface area contributed by atoms with Crippen LogP contribution in [0.5, 0.6) is 0 Å². The largest absolute Gasteiger partial charge is 0.314 e. The summed E-state index contributed by atoms with van der Waals surface area (Å²) in [4.78, 5) is 0. The van der Waals surface area contributed by atoms with Gasteiger partial charge in [-0.05, 0) is 61.4 Å². The molecule has 1 saturated carbocycles. The maximum atomic E-state index is 13.2. The molecule has 0 spiro atoms. The number of nitrogens with one attached hydrogen (secondary N) is 1. The molecule has 0 aliphatic heterocycles. The van der Waals surface area contributed by atoms with Gasteiger partial charge in [0.1, 0.15) is 5.82 Å². The molecule has 1 N–H and O–H groups in total. The minimum Gasteiger partial charge on any atom is -0.314 e. The number of hydrogen-bond acceptors (Lipinski definition) is 1. The molecule has 0 radical (unpaired) electrons.